The second-order valence-electron chi connectivity index (χ2n) is 5.49. The van der Waals surface area contributed by atoms with Gasteiger partial charge >= 0.3 is 0 Å². The van der Waals surface area contributed by atoms with Crippen LogP contribution in [0.15, 0.2) is 71.3 Å². The summed E-state index contributed by atoms with van der Waals surface area (Å²) >= 11 is 0. The first-order valence-electron chi connectivity index (χ1n) is 7.80. The molecule has 0 saturated heterocycles. The number of hydrogen-bond acceptors (Lipinski definition) is 2. The molecule has 1 atom stereocenters. The van der Waals surface area contributed by atoms with E-state index in [1.54, 1.807) is 17.6 Å². The highest BCUT2D eigenvalue weighted by Crippen LogP contribution is 2.19. The number of nitrogens with two attached hydrogens (primary N) is 1. The molecule has 0 radical (unpaired) electrons. The average Bonchev–Trinajstić information content (AvgIpc) is 3.14. The molecule has 3 aromatic rings. The minimum Gasteiger partial charge on any atom is -0.463 e. The average molecular weight is 343 g/mol. The van der Waals surface area contributed by atoms with E-state index in [0.717, 1.165) is 17.7 Å². The Kier molecular flexibility index (Phi) is 5.20. The number of nitrogens with one attached hydrogen (secondary N) is 1. The van der Waals surface area contributed by atoms with E-state index in [-0.39, 0.29) is 12.6 Å². The summed E-state index contributed by atoms with van der Waals surface area (Å²) in [7, 11) is 0. The fraction of sp³-hybridized carbons (Fsp3) is 0.105. The van der Waals surface area contributed by atoms with Crippen molar-refractivity contribution in [3.05, 3.63) is 89.9 Å². The van der Waals surface area contributed by atoms with Crippen LogP contribution in [-0.4, -0.2) is 12.5 Å². The van der Waals surface area contributed by atoms with Crippen LogP contribution in [0.5, 0.6) is 0 Å². The van der Waals surface area contributed by atoms with E-state index in [1.165, 1.54) is 6.07 Å². The van der Waals surface area contributed by atoms with Gasteiger partial charge in [0.2, 0.25) is 0 Å². The molecule has 1 heterocycles. The maximum atomic E-state index is 13.6. The monoisotopic (exact) mass is 343 g/mol. The van der Waals surface area contributed by atoms with Crippen LogP contribution in [0.1, 0.15) is 17.4 Å². The fourth-order valence-electron chi connectivity index (χ4n) is 2.58. The first kappa shape index (κ1) is 16.9. The van der Waals surface area contributed by atoms with Crippen molar-refractivity contribution in [1.29, 1.82) is 0 Å². The summed E-state index contributed by atoms with van der Waals surface area (Å²) in [5.41, 5.74) is 0.525. The van der Waals surface area contributed by atoms with Gasteiger partial charge in [0.05, 0.1) is 6.26 Å². The van der Waals surface area contributed by atoms with Crippen molar-refractivity contribution < 1.29 is 23.3 Å². The number of furan rings is 1. The number of carbonyl (C=O) groups is 1. The van der Waals surface area contributed by atoms with Crippen molar-refractivity contribution in [2.45, 2.75) is 6.04 Å². The third-order valence-electron chi connectivity index (χ3n) is 3.77. The van der Waals surface area contributed by atoms with Crippen molar-refractivity contribution >= 4 is 11.6 Å². The number of para-hydroxylation sites is 1. The van der Waals surface area contributed by atoms with E-state index in [4.69, 9.17) is 4.42 Å². The highest BCUT2D eigenvalue weighted by molar-refractivity contribution is 5.91. The van der Waals surface area contributed by atoms with Crippen LogP contribution in [0.3, 0.4) is 0 Å². The lowest BCUT2D eigenvalue weighted by molar-refractivity contribution is -0.678. The molecule has 128 valence electrons. The Hall–Kier alpha value is -2.99. The molecule has 2 aromatic carbocycles. The number of anilines is 1. The number of rotatable bonds is 6. The third-order valence-corrected chi connectivity index (χ3v) is 3.77. The molecule has 0 aliphatic heterocycles. The molecule has 0 bridgehead atoms. The Morgan fingerprint density at radius 2 is 1.72 bits per heavy atom. The molecule has 1 aromatic heterocycles. The molecule has 25 heavy (non-hydrogen) atoms. The highest BCUT2D eigenvalue weighted by atomic mass is 19.1. The summed E-state index contributed by atoms with van der Waals surface area (Å²) in [6.07, 6.45) is 1.56. The zero-order valence-corrected chi connectivity index (χ0v) is 13.3. The lowest BCUT2D eigenvalue weighted by Gasteiger charge is -2.14. The Labute approximate surface area is 143 Å². The van der Waals surface area contributed by atoms with Crippen molar-refractivity contribution in [3.8, 4) is 0 Å². The first-order valence-corrected chi connectivity index (χ1v) is 7.80. The largest absolute Gasteiger partial charge is 0.463 e. The summed E-state index contributed by atoms with van der Waals surface area (Å²) in [6, 6.07) is 16.3. The van der Waals surface area contributed by atoms with Crippen LogP contribution in [0.4, 0.5) is 14.5 Å². The lowest BCUT2D eigenvalue weighted by Crippen LogP contribution is -2.87. The van der Waals surface area contributed by atoms with Crippen LogP contribution in [0.25, 0.3) is 0 Å². The number of hydrogen-bond donors (Lipinski definition) is 2. The van der Waals surface area contributed by atoms with Crippen LogP contribution in [-0.2, 0) is 4.79 Å². The summed E-state index contributed by atoms with van der Waals surface area (Å²) in [5, 5.41) is 4.03. The maximum absolute atomic E-state index is 13.6. The molecule has 0 unspecified atom stereocenters. The molecule has 0 aliphatic carbocycles. The van der Waals surface area contributed by atoms with Gasteiger partial charge in [-0.15, -0.1) is 0 Å². The molecule has 3 rings (SSSR count). The number of halogens is 2. The van der Waals surface area contributed by atoms with E-state index in [2.05, 4.69) is 5.32 Å². The number of amides is 1. The molecule has 4 nitrogen and oxygen atoms in total. The number of quaternary nitrogens is 1. The molecular weight excluding hydrogens is 326 g/mol. The van der Waals surface area contributed by atoms with Gasteiger partial charge in [-0.1, -0.05) is 36.4 Å². The van der Waals surface area contributed by atoms with Gasteiger partial charge in [0.1, 0.15) is 17.3 Å². The minimum absolute atomic E-state index is 0.0198. The highest BCUT2D eigenvalue weighted by Gasteiger charge is 2.22. The lowest BCUT2D eigenvalue weighted by atomic mass is 10.0. The van der Waals surface area contributed by atoms with Gasteiger partial charge in [-0.25, -0.2) is 8.78 Å². The van der Waals surface area contributed by atoms with E-state index in [1.807, 2.05) is 36.4 Å². The quantitative estimate of drug-likeness (QED) is 0.723. The number of carbonyl (C=O) groups excluding carboxylic acids is 1. The summed E-state index contributed by atoms with van der Waals surface area (Å²) in [5.74, 6) is -1.43. The van der Waals surface area contributed by atoms with Gasteiger partial charge < -0.3 is 15.1 Å². The second-order valence-corrected chi connectivity index (χ2v) is 5.49. The van der Waals surface area contributed by atoms with Crippen LogP contribution >= 0.6 is 0 Å². The molecular formula is C19H17F2N2O2+. The van der Waals surface area contributed by atoms with Crippen molar-refractivity contribution in [1.82, 2.24) is 0 Å². The zero-order valence-electron chi connectivity index (χ0n) is 13.3. The summed E-state index contributed by atoms with van der Waals surface area (Å²) in [6.45, 7) is -0.0198. The van der Waals surface area contributed by atoms with Gasteiger partial charge in [0.25, 0.3) is 5.91 Å². The van der Waals surface area contributed by atoms with Gasteiger partial charge in [-0.05, 0) is 24.3 Å². The van der Waals surface area contributed by atoms with E-state index in [9.17, 15) is 13.6 Å². The summed E-state index contributed by atoms with van der Waals surface area (Å²) < 4.78 is 32.7. The Bertz CT molecular complexity index is 816. The van der Waals surface area contributed by atoms with Crippen LogP contribution in [0.2, 0.25) is 0 Å². The van der Waals surface area contributed by atoms with Crippen molar-refractivity contribution in [2.75, 3.05) is 11.9 Å². The third kappa shape index (κ3) is 4.10. The Balaban J connectivity index is 1.70. The molecule has 0 spiro atoms. The Morgan fingerprint density at radius 1 is 1.00 bits per heavy atom. The van der Waals surface area contributed by atoms with Gasteiger partial charge in [0, 0.05) is 5.56 Å². The molecule has 1 amide bonds. The van der Waals surface area contributed by atoms with Crippen molar-refractivity contribution in [2.24, 2.45) is 0 Å². The smallest absolute Gasteiger partial charge is 0.279 e. The van der Waals surface area contributed by atoms with Gasteiger partial charge in [-0.2, -0.15) is 0 Å². The molecule has 0 saturated carbocycles. The van der Waals surface area contributed by atoms with Gasteiger partial charge in [-0.3, -0.25) is 4.79 Å². The predicted molar refractivity (Wildman–Crippen MR) is 88.8 cm³/mol. The zero-order chi connectivity index (χ0) is 17.6. The standard InChI is InChI=1S/C19H16F2N2O2/c20-14-8-4-9-15(21)19(14)23-17(24)12-22-18(16-10-5-11-25-16)13-6-2-1-3-7-13/h1-11,18,22H,12H2,(H,23,24)/p+1/t18-/m1/s1. The molecule has 0 aliphatic rings. The van der Waals surface area contributed by atoms with E-state index >= 15 is 0 Å². The SMILES string of the molecule is O=C(C[NH2+][C@H](c1ccccc1)c1ccco1)Nc1c(F)cccc1F. The maximum Gasteiger partial charge on any atom is 0.279 e. The minimum atomic E-state index is -0.806. The normalized spacial score (nSPS) is 11.9. The van der Waals surface area contributed by atoms with E-state index in [0.29, 0.717) is 5.76 Å². The predicted octanol–water partition coefficient (Wildman–Crippen LogP) is 2.85. The van der Waals surface area contributed by atoms with E-state index < -0.39 is 23.2 Å². The molecule has 6 heteroatoms. The van der Waals surface area contributed by atoms with Crippen LogP contribution in [0, 0.1) is 11.6 Å². The summed E-state index contributed by atoms with van der Waals surface area (Å²) in [4.78, 5) is 12.1. The van der Waals surface area contributed by atoms with Crippen LogP contribution < -0.4 is 10.6 Å². The Morgan fingerprint density at radius 3 is 2.36 bits per heavy atom. The number of benzene rings is 2. The van der Waals surface area contributed by atoms with Gasteiger partial charge in [0.15, 0.2) is 18.3 Å². The second kappa shape index (κ2) is 7.72. The molecule has 3 N–H and O–H groups in total. The topological polar surface area (TPSA) is 58.9 Å². The first-order chi connectivity index (χ1) is 12.1. The molecule has 0 fully saturated rings. The van der Waals surface area contributed by atoms with Crippen molar-refractivity contribution in [3.63, 3.8) is 0 Å². The fourth-order valence-corrected chi connectivity index (χ4v) is 2.58.